The predicted octanol–water partition coefficient (Wildman–Crippen LogP) is 5.89. The number of phenolic OH excluding ortho intramolecular Hbond substituents is 2. The van der Waals surface area contributed by atoms with Gasteiger partial charge in [0.25, 0.3) is 10.1 Å². The van der Waals surface area contributed by atoms with Gasteiger partial charge in [-0.2, -0.15) is 8.42 Å². The number of hydrogen-bond donors (Lipinski definition) is 3. The first-order valence-electron chi connectivity index (χ1n) is 7.89. The standard InChI is InChI=1S/C19H12Cl4O5S/c20-12-5-1-10(2-6-12)19(29(26,27)28,11-3-7-13(24)8-4-11)16-14(21)9-15(22)17(23)18(16)25/h1-9,24-25H,(H,26,27,28). The molecular weight excluding hydrogens is 482 g/mol. The average Bonchev–Trinajstić information content (AvgIpc) is 2.64. The molecule has 5 nitrogen and oxygen atoms in total. The summed E-state index contributed by atoms with van der Waals surface area (Å²) in [5.74, 6) is -0.858. The van der Waals surface area contributed by atoms with Gasteiger partial charge in [-0.15, -0.1) is 0 Å². The van der Waals surface area contributed by atoms with Crippen LogP contribution in [0.4, 0.5) is 0 Å². The molecule has 29 heavy (non-hydrogen) atoms. The number of phenols is 2. The fraction of sp³-hybridized carbons (Fsp3) is 0.0526. The first kappa shape index (κ1) is 22.0. The van der Waals surface area contributed by atoms with Gasteiger partial charge in [-0.1, -0.05) is 70.7 Å². The summed E-state index contributed by atoms with van der Waals surface area (Å²) in [4.78, 5) is 0. The summed E-state index contributed by atoms with van der Waals surface area (Å²) >= 11 is 24.3. The van der Waals surface area contributed by atoms with Gasteiger partial charge in [-0.25, -0.2) is 0 Å². The maximum absolute atomic E-state index is 12.9. The van der Waals surface area contributed by atoms with Crippen molar-refractivity contribution in [3.8, 4) is 11.5 Å². The summed E-state index contributed by atoms with van der Waals surface area (Å²) in [6.45, 7) is 0. The zero-order chi connectivity index (χ0) is 21.6. The van der Waals surface area contributed by atoms with Gasteiger partial charge in [0.2, 0.25) is 0 Å². The molecule has 0 aliphatic carbocycles. The van der Waals surface area contributed by atoms with Crippen LogP contribution in [0.1, 0.15) is 16.7 Å². The normalized spacial score (nSPS) is 13.8. The Bertz CT molecular complexity index is 1130. The molecule has 0 saturated carbocycles. The van der Waals surface area contributed by atoms with E-state index in [2.05, 4.69) is 0 Å². The molecule has 152 valence electrons. The molecular formula is C19H12Cl4O5S. The van der Waals surface area contributed by atoms with Crippen molar-refractivity contribution in [1.82, 2.24) is 0 Å². The third-order valence-corrected chi connectivity index (χ3v) is 7.19. The highest BCUT2D eigenvalue weighted by molar-refractivity contribution is 7.87. The second-order valence-corrected chi connectivity index (χ2v) is 9.28. The molecule has 0 bridgehead atoms. The molecule has 0 heterocycles. The van der Waals surface area contributed by atoms with Crippen LogP contribution in [0.15, 0.2) is 54.6 Å². The number of rotatable bonds is 4. The van der Waals surface area contributed by atoms with Gasteiger partial charge in [0, 0.05) is 10.6 Å². The second-order valence-electron chi connectivity index (χ2n) is 6.09. The molecule has 3 aromatic rings. The van der Waals surface area contributed by atoms with Crippen molar-refractivity contribution in [2.24, 2.45) is 0 Å². The minimum absolute atomic E-state index is 0.0179. The monoisotopic (exact) mass is 492 g/mol. The van der Waals surface area contributed by atoms with E-state index in [0.29, 0.717) is 5.02 Å². The quantitative estimate of drug-likeness (QED) is 0.239. The maximum Gasteiger partial charge on any atom is 0.283 e. The molecule has 10 heteroatoms. The van der Waals surface area contributed by atoms with Gasteiger partial charge >= 0.3 is 0 Å². The summed E-state index contributed by atoms with van der Waals surface area (Å²) in [5.41, 5.74) is -0.398. The number of benzene rings is 3. The van der Waals surface area contributed by atoms with Gasteiger partial charge < -0.3 is 10.2 Å². The first-order valence-corrected chi connectivity index (χ1v) is 10.8. The number of aromatic hydroxyl groups is 2. The Morgan fingerprint density at radius 3 is 1.72 bits per heavy atom. The van der Waals surface area contributed by atoms with Crippen LogP contribution in [0.25, 0.3) is 0 Å². The minimum atomic E-state index is -5.06. The molecule has 0 fully saturated rings. The molecule has 3 rings (SSSR count). The van der Waals surface area contributed by atoms with Crippen LogP contribution in [0.3, 0.4) is 0 Å². The van der Waals surface area contributed by atoms with Gasteiger partial charge in [0.05, 0.1) is 10.0 Å². The van der Waals surface area contributed by atoms with Crippen LogP contribution in [0.2, 0.25) is 20.1 Å². The van der Waals surface area contributed by atoms with Crippen LogP contribution in [0.5, 0.6) is 11.5 Å². The Kier molecular flexibility index (Phi) is 5.98. The predicted molar refractivity (Wildman–Crippen MR) is 114 cm³/mol. The largest absolute Gasteiger partial charge is 0.508 e. The minimum Gasteiger partial charge on any atom is -0.508 e. The molecule has 1 unspecified atom stereocenters. The molecule has 0 radical (unpaired) electrons. The first-order chi connectivity index (χ1) is 13.5. The van der Waals surface area contributed by atoms with Gasteiger partial charge in [-0.3, -0.25) is 4.55 Å². The highest BCUT2D eigenvalue weighted by atomic mass is 35.5. The number of halogens is 4. The molecule has 3 aromatic carbocycles. The Labute approximate surface area is 186 Å². The molecule has 0 aliphatic rings. The Hall–Kier alpha value is -1.67. The summed E-state index contributed by atoms with van der Waals surface area (Å²) in [6.07, 6.45) is 0. The van der Waals surface area contributed by atoms with Crippen molar-refractivity contribution in [2.75, 3.05) is 0 Å². The lowest BCUT2D eigenvalue weighted by atomic mass is 9.83. The van der Waals surface area contributed by atoms with E-state index in [1.807, 2.05) is 0 Å². The second kappa shape index (κ2) is 7.87. The molecule has 0 aromatic heterocycles. The SMILES string of the molecule is O=S(=O)(O)C(c1ccc(O)cc1)(c1ccc(Cl)cc1)c1c(Cl)cc(Cl)c(Cl)c1O. The lowest BCUT2D eigenvalue weighted by molar-refractivity contribution is 0.440. The lowest BCUT2D eigenvalue weighted by Crippen LogP contribution is -2.38. The molecule has 0 saturated heterocycles. The van der Waals surface area contributed by atoms with Crippen molar-refractivity contribution < 1.29 is 23.2 Å². The van der Waals surface area contributed by atoms with Crippen molar-refractivity contribution >= 4 is 56.5 Å². The lowest BCUT2D eigenvalue weighted by Gasteiger charge is -2.34. The topological polar surface area (TPSA) is 94.8 Å². The highest BCUT2D eigenvalue weighted by Crippen LogP contribution is 2.53. The molecule has 0 amide bonds. The van der Waals surface area contributed by atoms with Gasteiger partial charge in [0.15, 0.2) is 4.75 Å². The van der Waals surface area contributed by atoms with Gasteiger partial charge in [0.1, 0.15) is 16.5 Å². The summed E-state index contributed by atoms with van der Waals surface area (Å²) in [6, 6.07) is 11.7. The van der Waals surface area contributed by atoms with E-state index in [1.54, 1.807) is 0 Å². The summed E-state index contributed by atoms with van der Waals surface area (Å²) in [7, 11) is -5.06. The van der Waals surface area contributed by atoms with Crippen molar-refractivity contribution in [1.29, 1.82) is 0 Å². The third-order valence-electron chi connectivity index (χ3n) is 4.41. The van der Waals surface area contributed by atoms with E-state index in [4.69, 9.17) is 46.4 Å². The van der Waals surface area contributed by atoms with Crippen molar-refractivity contribution in [2.45, 2.75) is 4.75 Å². The highest BCUT2D eigenvalue weighted by Gasteiger charge is 2.51. The fourth-order valence-corrected chi connectivity index (χ4v) is 5.44. The smallest absolute Gasteiger partial charge is 0.283 e. The van der Waals surface area contributed by atoms with E-state index in [0.717, 1.165) is 6.07 Å². The van der Waals surface area contributed by atoms with Crippen molar-refractivity contribution in [3.63, 3.8) is 0 Å². The molecule has 0 aliphatic heterocycles. The molecule has 3 N–H and O–H groups in total. The summed E-state index contributed by atoms with van der Waals surface area (Å²) < 4.78 is 33.9. The van der Waals surface area contributed by atoms with E-state index in [1.165, 1.54) is 48.5 Å². The Morgan fingerprint density at radius 2 is 1.24 bits per heavy atom. The van der Waals surface area contributed by atoms with Crippen LogP contribution >= 0.6 is 46.4 Å². The fourth-order valence-electron chi connectivity index (χ4n) is 3.18. The van der Waals surface area contributed by atoms with Crippen LogP contribution in [-0.4, -0.2) is 23.2 Å². The van der Waals surface area contributed by atoms with Crippen LogP contribution in [-0.2, 0) is 14.9 Å². The zero-order valence-electron chi connectivity index (χ0n) is 14.3. The third kappa shape index (κ3) is 3.65. The van der Waals surface area contributed by atoms with E-state index < -0.39 is 26.2 Å². The average molecular weight is 494 g/mol. The molecule has 1 atom stereocenters. The summed E-state index contributed by atoms with van der Waals surface area (Å²) in [5, 5.41) is 20.0. The van der Waals surface area contributed by atoms with Gasteiger partial charge in [-0.05, 0) is 41.5 Å². The maximum atomic E-state index is 12.9. The van der Waals surface area contributed by atoms with Crippen LogP contribution < -0.4 is 0 Å². The number of hydrogen-bond acceptors (Lipinski definition) is 4. The van der Waals surface area contributed by atoms with E-state index in [9.17, 15) is 23.2 Å². The van der Waals surface area contributed by atoms with Crippen LogP contribution in [0, 0.1) is 0 Å². The van der Waals surface area contributed by atoms with Crippen molar-refractivity contribution in [3.05, 3.63) is 91.4 Å². The Balaban J connectivity index is 2.59. The Morgan fingerprint density at radius 1 is 0.759 bits per heavy atom. The van der Waals surface area contributed by atoms with E-state index >= 15 is 0 Å². The van der Waals surface area contributed by atoms with E-state index in [-0.39, 0.29) is 31.9 Å². The zero-order valence-corrected chi connectivity index (χ0v) is 18.1. The molecule has 0 spiro atoms.